The van der Waals surface area contributed by atoms with Crippen LogP contribution < -0.4 is 10.6 Å². The van der Waals surface area contributed by atoms with Gasteiger partial charge in [0.15, 0.2) is 5.82 Å². The maximum Gasteiger partial charge on any atom is 0.418 e. The Labute approximate surface area is 147 Å². The number of ether oxygens (including phenoxy) is 1. The molecule has 0 unspecified atom stereocenters. The van der Waals surface area contributed by atoms with Gasteiger partial charge in [-0.2, -0.15) is 13.2 Å². The summed E-state index contributed by atoms with van der Waals surface area (Å²) in [6.45, 7) is 4.11. The van der Waals surface area contributed by atoms with Crippen LogP contribution in [0.15, 0.2) is 18.5 Å². The Morgan fingerprint density at radius 2 is 1.88 bits per heavy atom. The van der Waals surface area contributed by atoms with Crippen LogP contribution in [0.25, 0.3) is 5.69 Å². The summed E-state index contributed by atoms with van der Waals surface area (Å²) in [4.78, 5) is 8.32. The fraction of sp³-hybridized carbons (Fsp3) is 0.533. The smallest absolute Gasteiger partial charge is 0.382 e. The summed E-state index contributed by atoms with van der Waals surface area (Å²) in [5, 5.41) is 7.17. The summed E-state index contributed by atoms with van der Waals surface area (Å²) in [5.41, 5.74) is 4.69. The zero-order chi connectivity index (χ0) is 18.3. The normalized spacial score (nSPS) is 19.6. The Balaban J connectivity index is 1.62. The third-order valence-electron chi connectivity index (χ3n) is 4.74. The van der Waals surface area contributed by atoms with Crippen molar-refractivity contribution < 1.29 is 17.9 Å². The molecular weight excluding hydrogens is 351 g/mol. The molecule has 0 aromatic carbocycles. The van der Waals surface area contributed by atoms with E-state index < -0.39 is 11.7 Å². The number of hydrogen-bond acceptors (Lipinski definition) is 7. The van der Waals surface area contributed by atoms with Crippen LogP contribution in [0, 0.1) is 0 Å². The lowest BCUT2D eigenvalue weighted by Gasteiger charge is -2.43. The minimum absolute atomic E-state index is 0.225. The molecule has 0 radical (unpaired) electrons. The molecule has 0 amide bonds. The maximum atomic E-state index is 13.6. The van der Waals surface area contributed by atoms with Gasteiger partial charge in [0, 0.05) is 26.2 Å². The number of piperazine rings is 1. The van der Waals surface area contributed by atoms with E-state index in [0.29, 0.717) is 19.1 Å². The summed E-state index contributed by atoms with van der Waals surface area (Å²) >= 11 is 0. The zero-order valence-electron chi connectivity index (χ0n) is 13.9. The third-order valence-corrected chi connectivity index (χ3v) is 4.74. The van der Waals surface area contributed by atoms with Gasteiger partial charge in [0.2, 0.25) is 0 Å². The molecule has 4 heterocycles. The molecule has 8 nitrogen and oxygen atoms in total. The Bertz CT molecular complexity index is 768. The van der Waals surface area contributed by atoms with Crippen LogP contribution >= 0.6 is 0 Å². The van der Waals surface area contributed by atoms with Crippen molar-refractivity contribution in [3.63, 3.8) is 0 Å². The number of alkyl halides is 3. The van der Waals surface area contributed by atoms with Crippen molar-refractivity contribution in [2.45, 2.75) is 12.2 Å². The van der Waals surface area contributed by atoms with Crippen LogP contribution in [0.3, 0.4) is 0 Å². The zero-order valence-corrected chi connectivity index (χ0v) is 13.9. The highest BCUT2D eigenvalue weighted by molar-refractivity contribution is 5.63. The van der Waals surface area contributed by atoms with E-state index in [1.165, 1.54) is 12.4 Å². The largest absolute Gasteiger partial charge is 0.418 e. The van der Waals surface area contributed by atoms with Crippen LogP contribution in [0.2, 0.25) is 0 Å². The Morgan fingerprint density at radius 1 is 1.15 bits per heavy atom. The standard InChI is InChI=1S/C15H18F3N7O/c16-15(17,18)11-7-12(21-14(19)13(11)25-2-1-20-22-25)24-5-3-23(4-6-24)10-8-26-9-10/h1-2,7,10H,3-6,8-9H2,(H2,19,21). The number of halogens is 3. The first-order chi connectivity index (χ1) is 12.4. The van der Waals surface area contributed by atoms with E-state index in [0.717, 1.165) is 37.1 Å². The fourth-order valence-corrected chi connectivity index (χ4v) is 3.24. The van der Waals surface area contributed by atoms with Gasteiger partial charge >= 0.3 is 6.18 Å². The molecule has 0 saturated carbocycles. The summed E-state index contributed by atoms with van der Waals surface area (Å²) in [7, 11) is 0. The highest BCUT2D eigenvalue weighted by Crippen LogP contribution is 2.38. The molecule has 2 saturated heterocycles. The van der Waals surface area contributed by atoms with Crippen molar-refractivity contribution in [1.29, 1.82) is 0 Å². The summed E-state index contributed by atoms with van der Waals surface area (Å²) < 4.78 is 47.0. The lowest BCUT2D eigenvalue weighted by atomic mass is 10.1. The van der Waals surface area contributed by atoms with Crippen molar-refractivity contribution >= 4 is 11.6 Å². The van der Waals surface area contributed by atoms with E-state index in [-0.39, 0.29) is 17.3 Å². The van der Waals surface area contributed by atoms with Crippen molar-refractivity contribution in [3.8, 4) is 5.69 Å². The van der Waals surface area contributed by atoms with Gasteiger partial charge in [-0.1, -0.05) is 5.21 Å². The molecule has 26 heavy (non-hydrogen) atoms. The molecule has 0 spiro atoms. The molecule has 0 bridgehead atoms. The molecule has 0 atom stereocenters. The van der Waals surface area contributed by atoms with Crippen LogP contribution in [-0.2, 0) is 10.9 Å². The molecule has 2 aromatic heterocycles. The van der Waals surface area contributed by atoms with Crippen molar-refractivity contribution in [1.82, 2.24) is 24.9 Å². The van der Waals surface area contributed by atoms with E-state index in [9.17, 15) is 13.2 Å². The number of pyridine rings is 1. The second kappa shape index (κ2) is 6.40. The van der Waals surface area contributed by atoms with E-state index >= 15 is 0 Å². The lowest BCUT2D eigenvalue weighted by molar-refractivity contribution is -0.137. The monoisotopic (exact) mass is 369 g/mol. The Morgan fingerprint density at radius 3 is 2.42 bits per heavy atom. The average Bonchev–Trinajstić information content (AvgIpc) is 3.06. The number of nitrogens with zero attached hydrogens (tertiary/aromatic N) is 6. The third kappa shape index (κ3) is 3.07. The summed E-state index contributed by atoms with van der Waals surface area (Å²) in [5.74, 6) is -0.00153. The number of nitrogens with two attached hydrogens (primary N) is 1. The first kappa shape index (κ1) is 17.0. The van der Waals surface area contributed by atoms with Gasteiger partial charge in [-0.15, -0.1) is 5.10 Å². The first-order valence-corrected chi connectivity index (χ1v) is 8.24. The van der Waals surface area contributed by atoms with Crippen molar-refractivity contribution in [3.05, 3.63) is 24.0 Å². The topological polar surface area (TPSA) is 85.3 Å². The summed E-state index contributed by atoms with van der Waals surface area (Å²) in [6.07, 6.45) is -1.99. The minimum Gasteiger partial charge on any atom is -0.382 e. The highest BCUT2D eigenvalue weighted by atomic mass is 19.4. The molecule has 2 N–H and O–H groups in total. The summed E-state index contributed by atoms with van der Waals surface area (Å²) in [6, 6.07) is 1.45. The number of aromatic nitrogens is 4. The maximum absolute atomic E-state index is 13.6. The number of hydrogen-bond donors (Lipinski definition) is 1. The van der Waals surface area contributed by atoms with Crippen LogP contribution in [-0.4, -0.2) is 70.3 Å². The second-order valence-corrected chi connectivity index (χ2v) is 6.32. The average molecular weight is 369 g/mol. The molecule has 2 aliphatic rings. The predicted molar refractivity (Wildman–Crippen MR) is 87.0 cm³/mol. The van der Waals surface area contributed by atoms with Crippen LogP contribution in [0.4, 0.5) is 24.8 Å². The van der Waals surface area contributed by atoms with Gasteiger partial charge in [-0.3, -0.25) is 4.90 Å². The number of rotatable bonds is 3. The molecule has 4 rings (SSSR count). The Kier molecular flexibility index (Phi) is 4.19. The van der Waals surface area contributed by atoms with Gasteiger partial charge < -0.3 is 15.4 Å². The molecule has 0 aliphatic carbocycles. The highest BCUT2D eigenvalue weighted by Gasteiger charge is 2.37. The molecule has 2 fully saturated rings. The van der Waals surface area contributed by atoms with E-state index in [1.807, 2.05) is 4.90 Å². The fourth-order valence-electron chi connectivity index (χ4n) is 3.24. The first-order valence-electron chi connectivity index (χ1n) is 8.24. The Hall–Kier alpha value is -2.40. The van der Waals surface area contributed by atoms with Gasteiger partial charge in [0.1, 0.15) is 11.5 Å². The van der Waals surface area contributed by atoms with Crippen molar-refractivity contribution in [2.24, 2.45) is 0 Å². The quantitative estimate of drug-likeness (QED) is 0.856. The molecule has 2 aromatic rings. The molecule has 140 valence electrons. The van der Waals surface area contributed by atoms with Crippen LogP contribution in [0.1, 0.15) is 5.56 Å². The number of nitrogen functional groups attached to an aromatic ring is 1. The molecule has 11 heteroatoms. The van der Waals surface area contributed by atoms with Gasteiger partial charge in [-0.25, -0.2) is 9.67 Å². The van der Waals surface area contributed by atoms with Gasteiger partial charge in [-0.05, 0) is 6.07 Å². The second-order valence-electron chi connectivity index (χ2n) is 6.32. The SMILES string of the molecule is Nc1nc(N2CCN(C3COC3)CC2)cc(C(F)(F)F)c1-n1ccnn1. The molecular formula is C15H18F3N7O. The number of anilines is 2. The van der Waals surface area contributed by atoms with Crippen molar-refractivity contribution in [2.75, 3.05) is 50.0 Å². The lowest BCUT2D eigenvalue weighted by Crippen LogP contribution is -2.56. The van der Waals surface area contributed by atoms with Crippen LogP contribution in [0.5, 0.6) is 0 Å². The molecule has 2 aliphatic heterocycles. The van der Waals surface area contributed by atoms with E-state index in [1.54, 1.807) is 0 Å². The predicted octanol–water partition coefficient (Wildman–Crippen LogP) is 0.784. The van der Waals surface area contributed by atoms with Gasteiger partial charge in [0.25, 0.3) is 0 Å². The minimum atomic E-state index is -4.59. The van der Waals surface area contributed by atoms with Gasteiger partial charge in [0.05, 0.1) is 37.2 Å². The van der Waals surface area contributed by atoms with E-state index in [2.05, 4.69) is 20.2 Å². The van der Waals surface area contributed by atoms with E-state index in [4.69, 9.17) is 10.5 Å².